The fourth-order valence-electron chi connectivity index (χ4n) is 1.61. The first kappa shape index (κ1) is 12.1. The van der Waals surface area contributed by atoms with Crippen LogP contribution in [0.25, 0.3) is 0 Å². The van der Waals surface area contributed by atoms with Crippen molar-refractivity contribution in [2.75, 3.05) is 0 Å². The van der Waals surface area contributed by atoms with Crippen LogP contribution in [0.15, 0.2) is 23.1 Å². The molecule has 0 aliphatic carbocycles. The molecule has 1 rings (SSSR count). The van der Waals surface area contributed by atoms with Gasteiger partial charge < -0.3 is 9.73 Å². The van der Waals surface area contributed by atoms with Crippen molar-refractivity contribution in [1.82, 2.24) is 5.32 Å². The zero-order valence-electron chi connectivity index (χ0n) is 9.97. The molecule has 84 valence electrons. The molecule has 0 bridgehead atoms. The summed E-state index contributed by atoms with van der Waals surface area (Å²) in [6.07, 6.45) is 4.17. The monoisotopic (exact) mass is 207 g/mol. The van der Waals surface area contributed by atoms with E-state index in [0.717, 1.165) is 30.9 Å². The van der Waals surface area contributed by atoms with E-state index in [2.05, 4.69) is 24.9 Å². The summed E-state index contributed by atoms with van der Waals surface area (Å²) in [5.74, 6) is 2.01. The van der Waals surface area contributed by atoms with Crippen LogP contribution in [0.3, 0.4) is 0 Å². The molecule has 0 aromatic carbocycles. The average Bonchev–Trinajstić information content (AvgIpc) is 2.51. The van der Waals surface area contributed by atoms with E-state index in [0.29, 0.717) is 6.04 Å². The smallest absolute Gasteiger partial charge is 0.105 e. The lowest BCUT2D eigenvalue weighted by Gasteiger charge is -2.11. The molecule has 0 saturated carbocycles. The van der Waals surface area contributed by atoms with Gasteiger partial charge in [-0.3, -0.25) is 0 Å². The van der Waals surface area contributed by atoms with Crippen molar-refractivity contribution in [1.29, 1.82) is 0 Å². The normalized spacial score (nSPS) is 12.7. The van der Waals surface area contributed by atoms with Crippen molar-refractivity contribution in [2.45, 2.75) is 46.2 Å². The lowest BCUT2D eigenvalue weighted by Crippen LogP contribution is -2.25. The highest BCUT2D eigenvalue weighted by atomic mass is 16.3. The lowest BCUT2D eigenvalue weighted by atomic mass is 10.1. The molecule has 0 spiro atoms. The van der Waals surface area contributed by atoms with E-state index >= 15 is 0 Å². The summed E-state index contributed by atoms with van der Waals surface area (Å²) >= 11 is 0. The third-order valence-corrected chi connectivity index (χ3v) is 2.59. The minimum atomic E-state index is 0.526. The molecular formula is C13H21NO. The van der Waals surface area contributed by atoms with Gasteiger partial charge in [-0.15, -0.1) is 6.58 Å². The maximum absolute atomic E-state index is 5.47. The first-order chi connectivity index (χ1) is 7.13. The van der Waals surface area contributed by atoms with Crippen LogP contribution in [0, 0.1) is 13.8 Å². The van der Waals surface area contributed by atoms with Crippen LogP contribution >= 0.6 is 0 Å². The van der Waals surface area contributed by atoms with E-state index in [1.807, 2.05) is 19.9 Å². The molecule has 15 heavy (non-hydrogen) atoms. The Morgan fingerprint density at radius 3 is 2.80 bits per heavy atom. The molecule has 0 radical (unpaired) electrons. The van der Waals surface area contributed by atoms with Crippen LogP contribution in [0.4, 0.5) is 0 Å². The highest BCUT2D eigenvalue weighted by Crippen LogP contribution is 2.13. The van der Waals surface area contributed by atoms with E-state index in [1.54, 1.807) is 0 Å². The topological polar surface area (TPSA) is 25.2 Å². The summed E-state index contributed by atoms with van der Waals surface area (Å²) in [5.41, 5.74) is 1.26. The zero-order valence-corrected chi connectivity index (χ0v) is 9.97. The molecule has 1 unspecified atom stereocenters. The summed E-state index contributed by atoms with van der Waals surface area (Å²) in [5, 5.41) is 3.48. The number of rotatable bonds is 6. The molecule has 1 heterocycles. The molecule has 0 saturated heterocycles. The Kier molecular flexibility index (Phi) is 4.63. The fourth-order valence-corrected chi connectivity index (χ4v) is 1.61. The summed E-state index contributed by atoms with van der Waals surface area (Å²) < 4.78 is 5.47. The maximum atomic E-state index is 5.47. The molecule has 0 amide bonds. The minimum absolute atomic E-state index is 0.526. The van der Waals surface area contributed by atoms with E-state index < -0.39 is 0 Å². The third kappa shape index (κ3) is 3.92. The minimum Gasteiger partial charge on any atom is -0.466 e. The lowest BCUT2D eigenvalue weighted by molar-refractivity contribution is 0.488. The van der Waals surface area contributed by atoms with Gasteiger partial charge in [0.05, 0.1) is 0 Å². The van der Waals surface area contributed by atoms with Gasteiger partial charge in [0.15, 0.2) is 0 Å². The van der Waals surface area contributed by atoms with E-state index in [4.69, 9.17) is 4.42 Å². The number of hydrogen-bond donors (Lipinski definition) is 1. The Bertz CT molecular complexity index is 314. The molecule has 2 heteroatoms. The van der Waals surface area contributed by atoms with Gasteiger partial charge in [0.25, 0.3) is 0 Å². The Balaban J connectivity index is 2.36. The van der Waals surface area contributed by atoms with E-state index in [-0.39, 0.29) is 0 Å². The number of nitrogens with one attached hydrogen (secondary N) is 1. The van der Waals surface area contributed by atoms with Gasteiger partial charge in [-0.2, -0.15) is 0 Å². The van der Waals surface area contributed by atoms with Gasteiger partial charge >= 0.3 is 0 Å². The van der Waals surface area contributed by atoms with Gasteiger partial charge in [-0.05, 0) is 39.7 Å². The average molecular weight is 207 g/mol. The second kappa shape index (κ2) is 5.76. The Morgan fingerprint density at radius 2 is 2.27 bits per heavy atom. The fraction of sp³-hybridized carbons (Fsp3) is 0.538. The van der Waals surface area contributed by atoms with Crippen LogP contribution in [-0.4, -0.2) is 6.04 Å². The molecule has 0 aliphatic heterocycles. The SMILES string of the molecule is C=CCCC(C)NCc1cc(C)oc1C. The summed E-state index contributed by atoms with van der Waals surface area (Å²) in [6, 6.07) is 2.63. The number of hydrogen-bond acceptors (Lipinski definition) is 2. The highest BCUT2D eigenvalue weighted by Gasteiger charge is 2.06. The van der Waals surface area contributed by atoms with Crippen molar-refractivity contribution >= 4 is 0 Å². The third-order valence-electron chi connectivity index (χ3n) is 2.59. The molecule has 2 nitrogen and oxygen atoms in total. The Labute approximate surface area is 92.4 Å². The second-order valence-corrected chi connectivity index (χ2v) is 4.09. The summed E-state index contributed by atoms with van der Waals surface area (Å²) in [6.45, 7) is 10.8. The van der Waals surface area contributed by atoms with Crippen molar-refractivity contribution in [3.63, 3.8) is 0 Å². The van der Waals surface area contributed by atoms with Gasteiger partial charge in [-0.1, -0.05) is 6.08 Å². The highest BCUT2D eigenvalue weighted by molar-refractivity contribution is 5.19. The van der Waals surface area contributed by atoms with Gasteiger partial charge in [0, 0.05) is 18.2 Å². The van der Waals surface area contributed by atoms with Crippen molar-refractivity contribution < 1.29 is 4.42 Å². The molecular weight excluding hydrogens is 186 g/mol. The molecule has 0 aliphatic rings. The van der Waals surface area contributed by atoms with Gasteiger partial charge in [0.2, 0.25) is 0 Å². The van der Waals surface area contributed by atoms with Crippen LogP contribution in [0.1, 0.15) is 36.8 Å². The Hall–Kier alpha value is -1.02. The van der Waals surface area contributed by atoms with Gasteiger partial charge in [0.1, 0.15) is 11.5 Å². The largest absolute Gasteiger partial charge is 0.466 e. The van der Waals surface area contributed by atoms with Crippen molar-refractivity contribution in [3.8, 4) is 0 Å². The Morgan fingerprint density at radius 1 is 1.53 bits per heavy atom. The molecule has 1 aromatic rings. The van der Waals surface area contributed by atoms with Crippen LogP contribution < -0.4 is 5.32 Å². The first-order valence-electron chi connectivity index (χ1n) is 5.53. The quantitative estimate of drug-likeness (QED) is 0.724. The maximum Gasteiger partial charge on any atom is 0.105 e. The number of allylic oxidation sites excluding steroid dienone is 1. The van der Waals surface area contributed by atoms with Crippen LogP contribution in [0.2, 0.25) is 0 Å². The first-order valence-corrected chi connectivity index (χ1v) is 5.53. The molecule has 0 fully saturated rings. The molecule has 1 aromatic heterocycles. The predicted octanol–water partition coefficient (Wildman–Crippen LogP) is 3.34. The standard InChI is InChI=1S/C13H21NO/c1-5-6-7-10(2)14-9-13-8-11(3)15-12(13)4/h5,8,10,14H,1,6-7,9H2,2-4H3. The second-order valence-electron chi connectivity index (χ2n) is 4.09. The number of furan rings is 1. The summed E-state index contributed by atoms with van der Waals surface area (Å²) in [4.78, 5) is 0. The van der Waals surface area contributed by atoms with Crippen LogP contribution in [0.5, 0.6) is 0 Å². The van der Waals surface area contributed by atoms with Crippen LogP contribution in [-0.2, 0) is 6.54 Å². The van der Waals surface area contributed by atoms with E-state index in [1.165, 1.54) is 5.56 Å². The van der Waals surface area contributed by atoms with E-state index in [9.17, 15) is 0 Å². The summed E-state index contributed by atoms with van der Waals surface area (Å²) in [7, 11) is 0. The zero-order chi connectivity index (χ0) is 11.3. The molecule has 1 atom stereocenters. The van der Waals surface area contributed by atoms with Crippen molar-refractivity contribution in [3.05, 3.63) is 35.8 Å². The number of aryl methyl sites for hydroxylation is 2. The predicted molar refractivity (Wildman–Crippen MR) is 63.9 cm³/mol. The molecule has 1 N–H and O–H groups in total. The van der Waals surface area contributed by atoms with Crippen molar-refractivity contribution in [2.24, 2.45) is 0 Å². The van der Waals surface area contributed by atoms with Gasteiger partial charge in [-0.25, -0.2) is 0 Å².